The van der Waals surface area contributed by atoms with Gasteiger partial charge in [-0.05, 0) is 48.9 Å². The summed E-state index contributed by atoms with van der Waals surface area (Å²) >= 11 is 0. The molecule has 1 saturated heterocycles. The van der Waals surface area contributed by atoms with Gasteiger partial charge in [-0.25, -0.2) is 8.42 Å². The lowest BCUT2D eigenvalue weighted by atomic mass is 10.2. The van der Waals surface area contributed by atoms with Crippen LogP contribution in [0.3, 0.4) is 0 Å². The average molecular weight is 466 g/mol. The zero-order chi connectivity index (χ0) is 23.3. The maximum absolute atomic E-state index is 13.1. The van der Waals surface area contributed by atoms with Crippen LogP contribution in [0.2, 0.25) is 0 Å². The van der Waals surface area contributed by atoms with Gasteiger partial charge in [-0.3, -0.25) is 14.5 Å². The van der Waals surface area contributed by atoms with Crippen molar-refractivity contribution in [3.63, 3.8) is 0 Å². The molecule has 1 amide bonds. The lowest BCUT2D eigenvalue weighted by Crippen LogP contribution is -2.42. The second kappa shape index (κ2) is 10.8. The van der Waals surface area contributed by atoms with E-state index in [-0.39, 0.29) is 24.8 Å². The van der Waals surface area contributed by atoms with Gasteiger partial charge in [0.25, 0.3) is 0 Å². The Balaban J connectivity index is 1.70. The fraction of sp³-hybridized carbons (Fsp3) is 0.652. The lowest BCUT2D eigenvalue weighted by molar-refractivity contribution is -0.141. The van der Waals surface area contributed by atoms with Gasteiger partial charge < -0.3 is 9.64 Å². The standard InChI is InChI=1S/C23H35N3O5S/c1-18(2)16-24(13-10-23(28)31-3)17-22(27)26-14-9-19-15-20(7-8-21(19)26)32(29,30)25-11-5-4-6-12-25/h7-8,15,18H,4-6,9-14,16-17H2,1-3H3. The molecular formula is C23H35N3O5S. The van der Waals surface area contributed by atoms with Crippen molar-refractivity contribution in [1.82, 2.24) is 9.21 Å². The highest BCUT2D eigenvalue weighted by molar-refractivity contribution is 7.89. The molecule has 1 aromatic carbocycles. The van der Waals surface area contributed by atoms with Crippen LogP contribution in [0, 0.1) is 5.92 Å². The Morgan fingerprint density at radius 1 is 1.12 bits per heavy atom. The Kier molecular flexibility index (Phi) is 8.30. The number of hydrogen-bond donors (Lipinski definition) is 0. The van der Waals surface area contributed by atoms with E-state index in [4.69, 9.17) is 4.74 Å². The van der Waals surface area contributed by atoms with Crippen LogP contribution in [-0.2, 0) is 30.8 Å². The number of hydrogen-bond acceptors (Lipinski definition) is 6. The molecule has 0 bridgehead atoms. The number of ether oxygens (including phenoxy) is 1. The molecule has 9 heteroatoms. The molecule has 2 heterocycles. The van der Waals surface area contributed by atoms with Crippen LogP contribution in [0.5, 0.6) is 0 Å². The van der Waals surface area contributed by atoms with Crippen molar-refractivity contribution in [2.24, 2.45) is 5.92 Å². The molecule has 0 N–H and O–H groups in total. The third-order valence-corrected chi connectivity index (χ3v) is 7.94. The molecule has 178 valence electrons. The molecule has 1 aromatic rings. The number of benzene rings is 1. The maximum atomic E-state index is 13.1. The number of piperidine rings is 1. The molecule has 0 unspecified atom stereocenters. The molecule has 3 rings (SSSR count). The Morgan fingerprint density at radius 2 is 1.84 bits per heavy atom. The number of rotatable bonds is 9. The van der Waals surface area contributed by atoms with Crippen molar-refractivity contribution in [2.75, 3.05) is 51.3 Å². The zero-order valence-corrected chi connectivity index (χ0v) is 20.2. The van der Waals surface area contributed by atoms with E-state index in [0.29, 0.717) is 50.0 Å². The number of carbonyl (C=O) groups excluding carboxylic acids is 2. The minimum atomic E-state index is -3.49. The molecule has 0 radical (unpaired) electrons. The van der Waals surface area contributed by atoms with Crippen LogP contribution in [0.4, 0.5) is 5.69 Å². The monoisotopic (exact) mass is 465 g/mol. The average Bonchev–Trinajstić information content (AvgIpc) is 3.21. The van der Waals surface area contributed by atoms with E-state index in [9.17, 15) is 18.0 Å². The summed E-state index contributed by atoms with van der Waals surface area (Å²) in [6.07, 6.45) is 3.74. The molecule has 2 aliphatic rings. The molecule has 0 aromatic heterocycles. The summed E-state index contributed by atoms with van der Waals surface area (Å²) in [5, 5.41) is 0. The number of nitrogens with zero attached hydrogens (tertiary/aromatic N) is 3. The number of anilines is 1. The van der Waals surface area contributed by atoms with Gasteiger partial charge in [0.2, 0.25) is 15.9 Å². The summed E-state index contributed by atoms with van der Waals surface area (Å²) in [4.78, 5) is 28.7. The molecule has 2 aliphatic heterocycles. The Labute approximate surface area is 191 Å². The van der Waals surface area contributed by atoms with Crippen LogP contribution >= 0.6 is 0 Å². The highest BCUT2D eigenvalue weighted by Crippen LogP contribution is 2.32. The summed E-state index contributed by atoms with van der Waals surface area (Å²) in [6, 6.07) is 5.12. The first-order valence-electron chi connectivity index (χ1n) is 11.4. The molecule has 0 atom stereocenters. The second-order valence-corrected chi connectivity index (χ2v) is 10.9. The summed E-state index contributed by atoms with van der Waals surface area (Å²) < 4.78 is 32.3. The predicted octanol–water partition coefficient (Wildman–Crippen LogP) is 2.27. The predicted molar refractivity (Wildman–Crippen MR) is 123 cm³/mol. The molecule has 0 spiro atoms. The van der Waals surface area contributed by atoms with Crippen molar-refractivity contribution in [3.05, 3.63) is 23.8 Å². The Hall–Kier alpha value is -1.97. The van der Waals surface area contributed by atoms with Crippen molar-refractivity contribution < 1.29 is 22.7 Å². The SMILES string of the molecule is COC(=O)CCN(CC(=O)N1CCc2cc(S(=O)(=O)N3CCCCC3)ccc21)CC(C)C. The minimum Gasteiger partial charge on any atom is -0.469 e. The molecule has 0 aliphatic carbocycles. The lowest BCUT2D eigenvalue weighted by Gasteiger charge is -2.27. The fourth-order valence-corrected chi connectivity index (χ4v) is 6.00. The van der Waals surface area contributed by atoms with Gasteiger partial charge in [-0.1, -0.05) is 20.3 Å². The third kappa shape index (κ3) is 5.88. The molecular weight excluding hydrogens is 430 g/mol. The first-order chi connectivity index (χ1) is 15.2. The summed E-state index contributed by atoms with van der Waals surface area (Å²) in [6.45, 7) is 7.20. The van der Waals surface area contributed by atoms with Crippen LogP contribution in [0.25, 0.3) is 0 Å². The van der Waals surface area contributed by atoms with E-state index in [1.54, 1.807) is 27.4 Å². The van der Waals surface area contributed by atoms with E-state index in [1.165, 1.54) is 7.11 Å². The Bertz CT molecular complexity index is 926. The van der Waals surface area contributed by atoms with Crippen molar-refractivity contribution in [2.45, 2.75) is 50.8 Å². The molecule has 32 heavy (non-hydrogen) atoms. The van der Waals surface area contributed by atoms with Gasteiger partial charge in [0, 0.05) is 38.4 Å². The number of amides is 1. The number of esters is 1. The van der Waals surface area contributed by atoms with Crippen LogP contribution in [-0.4, -0.2) is 75.9 Å². The smallest absolute Gasteiger partial charge is 0.306 e. The molecule has 0 saturated carbocycles. The maximum Gasteiger partial charge on any atom is 0.306 e. The topological polar surface area (TPSA) is 87.2 Å². The first-order valence-corrected chi connectivity index (χ1v) is 12.9. The first kappa shape index (κ1) is 24.7. The number of methoxy groups -OCH3 is 1. The van der Waals surface area contributed by atoms with Gasteiger partial charge in [0.1, 0.15) is 0 Å². The number of sulfonamides is 1. The Morgan fingerprint density at radius 3 is 2.50 bits per heavy atom. The molecule has 8 nitrogen and oxygen atoms in total. The number of carbonyl (C=O) groups is 2. The van der Waals surface area contributed by atoms with Gasteiger partial charge in [0.05, 0.1) is 25.0 Å². The van der Waals surface area contributed by atoms with Crippen molar-refractivity contribution >= 4 is 27.6 Å². The second-order valence-electron chi connectivity index (χ2n) is 9.01. The van der Waals surface area contributed by atoms with Crippen molar-refractivity contribution in [1.29, 1.82) is 0 Å². The van der Waals surface area contributed by atoms with Gasteiger partial charge in [-0.15, -0.1) is 0 Å². The highest BCUT2D eigenvalue weighted by atomic mass is 32.2. The normalized spacial score (nSPS) is 17.1. The van der Waals surface area contributed by atoms with E-state index < -0.39 is 10.0 Å². The van der Waals surface area contributed by atoms with Crippen LogP contribution in [0.15, 0.2) is 23.1 Å². The van der Waals surface area contributed by atoms with Crippen LogP contribution in [0.1, 0.15) is 45.1 Å². The summed E-state index contributed by atoms with van der Waals surface area (Å²) in [7, 11) is -2.13. The van der Waals surface area contributed by atoms with E-state index in [1.807, 2.05) is 4.90 Å². The summed E-state index contributed by atoms with van der Waals surface area (Å²) in [5.41, 5.74) is 1.67. The number of fused-ring (bicyclic) bond motifs is 1. The van der Waals surface area contributed by atoms with Gasteiger partial charge in [0.15, 0.2) is 0 Å². The largest absolute Gasteiger partial charge is 0.469 e. The van der Waals surface area contributed by atoms with Gasteiger partial charge in [-0.2, -0.15) is 4.31 Å². The quantitative estimate of drug-likeness (QED) is 0.520. The van der Waals surface area contributed by atoms with E-state index >= 15 is 0 Å². The van der Waals surface area contributed by atoms with Gasteiger partial charge >= 0.3 is 5.97 Å². The van der Waals surface area contributed by atoms with E-state index in [2.05, 4.69) is 13.8 Å². The zero-order valence-electron chi connectivity index (χ0n) is 19.4. The highest BCUT2D eigenvalue weighted by Gasteiger charge is 2.30. The van der Waals surface area contributed by atoms with Crippen LogP contribution < -0.4 is 4.90 Å². The van der Waals surface area contributed by atoms with E-state index in [0.717, 1.165) is 30.5 Å². The third-order valence-electron chi connectivity index (χ3n) is 6.04. The minimum absolute atomic E-state index is 0.0408. The summed E-state index contributed by atoms with van der Waals surface area (Å²) in [5.74, 6) is 0.0231. The fourth-order valence-electron chi connectivity index (χ4n) is 4.43. The molecule has 1 fully saturated rings. The van der Waals surface area contributed by atoms with Crippen molar-refractivity contribution in [3.8, 4) is 0 Å².